The second-order valence-electron chi connectivity index (χ2n) is 10.7. The van der Waals surface area contributed by atoms with E-state index in [1.54, 1.807) is 25.1 Å². The summed E-state index contributed by atoms with van der Waals surface area (Å²) in [5.41, 5.74) is -0.597. The van der Waals surface area contributed by atoms with Crippen molar-refractivity contribution < 1.29 is 31.9 Å². The lowest BCUT2D eigenvalue weighted by molar-refractivity contribution is -0.127. The highest BCUT2D eigenvalue weighted by Gasteiger charge is 2.46. The van der Waals surface area contributed by atoms with Gasteiger partial charge in [0.2, 0.25) is 17.7 Å². The summed E-state index contributed by atoms with van der Waals surface area (Å²) in [5.74, 6) is -7.69. The molecule has 2 aromatic rings. The fourth-order valence-electron chi connectivity index (χ4n) is 5.37. The maximum atomic E-state index is 15.2. The van der Waals surface area contributed by atoms with Gasteiger partial charge in [-0.1, -0.05) is 36.4 Å². The first-order valence-corrected chi connectivity index (χ1v) is 14.6. The van der Waals surface area contributed by atoms with Crippen LogP contribution in [-0.4, -0.2) is 46.8 Å². The number of rotatable bonds is 9. The van der Waals surface area contributed by atoms with Gasteiger partial charge in [-0.05, 0) is 62.1 Å². The highest BCUT2D eigenvalue weighted by Crippen LogP contribution is 2.36. The largest absolute Gasteiger partial charge is 0.351 e. The molecule has 2 atom stereocenters. The number of nitriles is 1. The average molecular weight is 644 g/mol. The minimum atomic E-state index is -2.86. The van der Waals surface area contributed by atoms with Crippen LogP contribution in [0.3, 0.4) is 0 Å². The lowest BCUT2D eigenvalue weighted by Gasteiger charge is -2.37. The molecule has 4 rings (SSSR count). The SMILES string of the molecule is C=C(/C(Cl)=C\C=C/C)[C@@H](C(=O)NC1CCC(F)(F)CC1)N(C(=O)[C@@H]1CCC(=O)N1c1nccc(C#N)c1F)c1cccc(F)c1. The quantitative estimate of drug-likeness (QED) is 0.263. The Morgan fingerprint density at radius 3 is 2.60 bits per heavy atom. The molecule has 45 heavy (non-hydrogen) atoms. The Bertz CT molecular complexity index is 1600. The Balaban J connectivity index is 1.83. The molecule has 2 fully saturated rings. The van der Waals surface area contributed by atoms with Gasteiger partial charge in [-0.15, -0.1) is 0 Å². The number of anilines is 2. The first kappa shape index (κ1) is 33.4. The third-order valence-electron chi connectivity index (χ3n) is 7.68. The van der Waals surface area contributed by atoms with E-state index >= 15 is 4.39 Å². The predicted molar refractivity (Wildman–Crippen MR) is 160 cm³/mol. The molecule has 236 valence electrons. The minimum absolute atomic E-state index is 0.0287. The van der Waals surface area contributed by atoms with Crippen LogP contribution < -0.4 is 15.1 Å². The van der Waals surface area contributed by atoms with Crippen LogP contribution >= 0.6 is 11.6 Å². The Morgan fingerprint density at radius 2 is 1.96 bits per heavy atom. The number of carbonyl (C=O) groups excluding carboxylic acids is 3. The van der Waals surface area contributed by atoms with Crippen LogP contribution in [0.5, 0.6) is 0 Å². The van der Waals surface area contributed by atoms with Crippen LogP contribution in [0.25, 0.3) is 0 Å². The molecule has 1 aliphatic carbocycles. The fraction of sp³-hybridized carbons (Fsp3) is 0.344. The minimum Gasteiger partial charge on any atom is -0.351 e. The van der Waals surface area contributed by atoms with E-state index in [4.69, 9.17) is 11.6 Å². The number of benzene rings is 1. The molecule has 13 heteroatoms. The number of nitrogens with zero attached hydrogens (tertiary/aromatic N) is 4. The van der Waals surface area contributed by atoms with Crippen molar-refractivity contribution in [3.05, 3.63) is 89.1 Å². The number of nitrogens with one attached hydrogen (secondary N) is 1. The maximum Gasteiger partial charge on any atom is 0.251 e. The highest BCUT2D eigenvalue weighted by atomic mass is 35.5. The number of alkyl halides is 2. The summed E-state index contributed by atoms with van der Waals surface area (Å²) < 4.78 is 57.6. The number of allylic oxidation sites excluding steroid dienone is 3. The fourth-order valence-corrected chi connectivity index (χ4v) is 5.55. The van der Waals surface area contributed by atoms with Crippen LogP contribution in [0.4, 0.5) is 29.1 Å². The van der Waals surface area contributed by atoms with Crippen molar-refractivity contribution in [2.45, 2.75) is 69.5 Å². The summed E-state index contributed by atoms with van der Waals surface area (Å²) in [6.45, 7) is 5.68. The molecular weight excluding hydrogens is 614 g/mol. The Hall–Kier alpha value is -4.50. The van der Waals surface area contributed by atoms with Crippen molar-refractivity contribution in [3.63, 3.8) is 0 Å². The number of hydrogen-bond acceptors (Lipinski definition) is 5. The third-order valence-corrected chi connectivity index (χ3v) is 8.05. The van der Waals surface area contributed by atoms with Crippen LogP contribution in [-0.2, 0) is 14.4 Å². The second kappa shape index (κ2) is 14.1. The Morgan fingerprint density at radius 1 is 1.24 bits per heavy atom. The van der Waals surface area contributed by atoms with E-state index in [0.717, 1.165) is 34.2 Å². The number of aromatic nitrogens is 1. The van der Waals surface area contributed by atoms with E-state index in [2.05, 4.69) is 16.9 Å². The molecule has 1 aromatic heterocycles. The number of carbonyl (C=O) groups is 3. The summed E-state index contributed by atoms with van der Waals surface area (Å²) in [6.07, 6.45) is 4.50. The normalized spacial score (nSPS) is 19.3. The number of hydrogen-bond donors (Lipinski definition) is 1. The van der Waals surface area contributed by atoms with Crippen molar-refractivity contribution in [1.29, 1.82) is 5.26 Å². The van der Waals surface area contributed by atoms with E-state index in [9.17, 15) is 32.8 Å². The molecule has 1 saturated heterocycles. The van der Waals surface area contributed by atoms with Gasteiger partial charge in [-0.2, -0.15) is 5.26 Å². The van der Waals surface area contributed by atoms with E-state index in [1.807, 2.05) is 0 Å². The Labute approximate surface area is 262 Å². The first-order valence-electron chi connectivity index (χ1n) is 14.2. The molecule has 0 bridgehead atoms. The zero-order valence-electron chi connectivity index (χ0n) is 24.3. The van der Waals surface area contributed by atoms with Crippen molar-refractivity contribution in [2.75, 3.05) is 9.80 Å². The van der Waals surface area contributed by atoms with Gasteiger partial charge in [0.25, 0.3) is 5.91 Å². The van der Waals surface area contributed by atoms with Crippen LogP contribution in [0.2, 0.25) is 0 Å². The molecule has 2 aliphatic rings. The van der Waals surface area contributed by atoms with Crippen molar-refractivity contribution in [1.82, 2.24) is 10.3 Å². The molecule has 3 amide bonds. The van der Waals surface area contributed by atoms with Gasteiger partial charge in [-0.25, -0.2) is 22.5 Å². The zero-order valence-corrected chi connectivity index (χ0v) is 25.0. The predicted octanol–water partition coefficient (Wildman–Crippen LogP) is 6.08. The lowest BCUT2D eigenvalue weighted by Crippen LogP contribution is -2.57. The molecule has 1 aromatic carbocycles. The Kier molecular flexibility index (Phi) is 10.4. The monoisotopic (exact) mass is 643 g/mol. The molecule has 8 nitrogen and oxygen atoms in total. The van der Waals surface area contributed by atoms with Crippen LogP contribution in [0.1, 0.15) is 51.0 Å². The van der Waals surface area contributed by atoms with E-state index in [0.29, 0.717) is 0 Å². The zero-order chi connectivity index (χ0) is 32.9. The molecule has 0 radical (unpaired) electrons. The summed E-state index contributed by atoms with van der Waals surface area (Å²) in [6, 6.07) is 3.82. The standard InChI is InChI=1S/C32H30ClF4N5O3/c1-3-4-8-24(33)19(2)28(30(44)40-22-11-14-32(36,37)15-12-22)41(23-7-5-6-21(34)17-23)31(45)25-9-10-26(43)42(25)29-27(35)20(18-38)13-16-39-29/h3-8,13,16-17,22,25,28H,2,9-12,14-15H2,1H3,(H,40,44)/b4-3-,24-8+/t25-,28-/m0/s1. The van der Waals surface area contributed by atoms with Crippen molar-refractivity contribution in [2.24, 2.45) is 0 Å². The molecule has 0 spiro atoms. The van der Waals surface area contributed by atoms with Gasteiger partial charge < -0.3 is 5.32 Å². The lowest BCUT2D eigenvalue weighted by atomic mass is 9.91. The maximum absolute atomic E-state index is 15.2. The van der Waals surface area contributed by atoms with Gasteiger partial charge in [0, 0.05) is 42.2 Å². The molecule has 1 saturated carbocycles. The molecule has 2 heterocycles. The topological polar surface area (TPSA) is 106 Å². The summed E-state index contributed by atoms with van der Waals surface area (Å²) in [4.78, 5) is 47.2. The first-order chi connectivity index (χ1) is 21.4. The molecular formula is C32H30ClF4N5O3. The van der Waals surface area contributed by atoms with Crippen molar-refractivity contribution >= 4 is 40.8 Å². The van der Waals surface area contributed by atoms with Gasteiger partial charge in [0.05, 0.1) is 5.56 Å². The summed E-state index contributed by atoms with van der Waals surface area (Å²) >= 11 is 6.52. The van der Waals surface area contributed by atoms with E-state index < -0.39 is 77.6 Å². The van der Waals surface area contributed by atoms with Gasteiger partial charge in [0.15, 0.2) is 11.6 Å². The average Bonchev–Trinajstić information content (AvgIpc) is 3.39. The highest BCUT2D eigenvalue weighted by molar-refractivity contribution is 6.32. The third kappa shape index (κ3) is 7.42. The number of halogens is 5. The molecule has 1 N–H and O–H groups in total. The van der Waals surface area contributed by atoms with Crippen LogP contribution in [0, 0.1) is 23.0 Å². The van der Waals surface area contributed by atoms with Gasteiger partial charge in [-0.3, -0.25) is 24.2 Å². The summed E-state index contributed by atoms with van der Waals surface area (Å²) in [7, 11) is 0. The number of amides is 3. The summed E-state index contributed by atoms with van der Waals surface area (Å²) in [5, 5.41) is 12.0. The number of pyridine rings is 1. The second-order valence-corrected chi connectivity index (χ2v) is 11.1. The van der Waals surface area contributed by atoms with Gasteiger partial charge >= 0.3 is 0 Å². The van der Waals surface area contributed by atoms with E-state index in [1.165, 1.54) is 18.2 Å². The van der Waals surface area contributed by atoms with Crippen LogP contribution in [0.15, 0.2) is 71.9 Å². The van der Waals surface area contributed by atoms with Gasteiger partial charge in [0.1, 0.15) is 24.0 Å². The smallest absolute Gasteiger partial charge is 0.251 e. The van der Waals surface area contributed by atoms with E-state index in [-0.39, 0.29) is 42.0 Å². The molecule has 1 aliphatic heterocycles. The van der Waals surface area contributed by atoms with Crippen molar-refractivity contribution in [3.8, 4) is 6.07 Å². The molecule has 0 unspecified atom stereocenters.